The first-order valence-electron chi connectivity index (χ1n) is 11.5. The number of piperidine rings is 1. The number of benzene rings is 2. The highest BCUT2D eigenvalue weighted by Gasteiger charge is 2.32. The molecule has 0 spiro atoms. The number of rotatable bonds is 6. The number of hydrogen-bond acceptors (Lipinski definition) is 3. The number of halogens is 1. The highest BCUT2D eigenvalue weighted by molar-refractivity contribution is 5.79. The van der Waals surface area contributed by atoms with Crippen molar-refractivity contribution in [3.63, 3.8) is 0 Å². The number of nitrogens with zero attached hydrogens (tertiary/aromatic N) is 2. The summed E-state index contributed by atoms with van der Waals surface area (Å²) in [7, 11) is 0. The first-order valence-corrected chi connectivity index (χ1v) is 11.5. The van der Waals surface area contributed by atoms with E-state index in [1.54, 1.807) is 6.07 Å². The van der Waals surface area contributed by atoms with Gasteiger partial charge in [0.2, 0.25) is 5.91 Å². The van der Waals surface area contributed by atoms with Crippen molar-refractivity contribution in [3.8, 4) is 5.75 Å². The molecule has 0 unspecified atom stereocenters. The van der Waals surface area contributed by atoms with E-state index in [0.717, 1.165) is 69.1 Å². The van der Waals surface area contributed by atoms with E-state index in [1.807, 2.05) is 42.2 Å². The zero-order valence-corrected chi connectivity index (χ0v) is 18.4. The van der Waals surface area contributed by atoms with Crippen LogP contribution in [0.25, 0.3) is 0 Å². The summed E-state index contributed by atoms with van der Waals surface area (Å²) in [6, 6.07) is 15.1. The maximum absolute atomic E-state index is 13.9. The van der Waals surface area contributed by atoms with Gasteiger partial charge in [-0.25, -0.2) is 4.39 Å². The second-order valence-electron chi connectivity index (χ2n) is 8.51. The van der Waals surface area contributed by atoms with Gasteiger partial charge in [0.25, 0.3) is 0 Å². The van der Waals surface area contributed by atoms with Gasteiger partial charge in [-0.15, -0.1) is 0 Å². The molecule has 2 aromatic rings. The van der Waals surface area contributed by atoms with E-state index in [2.05, 4.69) is 11.0 Å². The summed E-state index contributed by atoms with van der Waals surface area (Å²) in [5, 5.41) is 0. The predicted octanol–water partition coefficient (Wildman–Crippen LogP) is 2.37. The summed E-state index contributed by atoms with van der Waals surface area (Å²) in [4.78, 5) is 18.8. The van der Waals surface area contributed by atoms with Crippen molar-refractivity contribution < 1.29 is 18.8 Å². The molecule has 0 saturated carbocycles. The number of hydrogen-bond donors (Lipinski definition) is 1. The third kappa shape index (κ3) is 5.18. The van der Waals surface area contributed by atoms with E-state index in [0.29, 0.717) is 19.1 Å². The molecule has 6 heteroatoms. The van der Waals surface area contributed by atoms with Gasteiger partial charge in [0, 0.05) is 50.5 Å². The van der Waals surface area contributed by atoms with Crippen LogP contribution < -0.4 is 14.5 Å². The fourth-order valence-electron chi connectivity index (χ4n) is 4.78. The van der Waals surface area contributed by atoms with E-state index < -0.39 is 0 Å². The number of ether oxygens (including phenoxy) is 1. The molecule has 1 N–H and O–H groups in total. The van der Waals surface area contributed by atoms with Crippen LogP contribution in [0.1, 0.15) is 25.3 Å². The van der Waals surface area contributed by atoms with Crippen molar-refractivity contribution >= 4 is 11.6 Å². The molecule has 166 valence electrons. The van der Waals surface area contributed by atoms with Gasteiger partial charge < -0.3 is 19.4 Å². The van der Waals surface area contributed by atoms with Crippen molar-refractivity contribution in [1.82, 2.24) is 4.90 Å². The molecule has 2 aliphatic heterocycles. The van der Waals surface area contributed by atoms with Crippen molar-refractivity contribution in [2.45, 2.75) is 26.3 Å². The number of nitrogens with one attached hydrogen (secondary N) is 1. The number of quaternary nitrogens is 1. The molecule has 4 rings (SSSR count). The van der Waals surface area contributed by atoms with Crippen LogP contribution in [0.3, 0.4) is 0 Å². The van der Waals surface area contributed by atoms with Gasteiger partial charge in [-0.3, -0.25) is 4.79 Å². The van der Waals surface area contributed by atoms with Gasteiger partial charge in [0.15, 0.2) is 0 Å². The minimum atomic E-state index is -0.128. The van der Waals surface area contributed by atoms with Crippen LogP contribution in [0.5, 0.6) is 5.75 Å². The summed E-state index contributed by atoms with van der Waals surface area (Å²) >= 11 is 0. The lowest BCUT2D eigenvalue weighted by atomic mass is 9.94. The molecule has 2 fully saturated rings. The Kier molecular flexibility index (Phi) is 7.07. The molecule has 31 heavy (non-hydrogen) atoms. The molecular weight excluding hydrogens is 393 g/mol. The summed E-state index contributed by atoms with van der Waals surface area (Å²) < 4.78 is 19.7. The van der Waals surface area contributed by atoms with Crippen LogP contribution in [-0.2, 0) is 11.3 Å². The van der Waals surface area contributed by atoms with Gasteiger partial charge in [0.1, 0.15) is 18.1 Å². The third-order valence-electron chi connectivity index (χ3n) is 6.54. The topological polar surface area (TPSA) is 37.2 Å². The quantitative estimate of drug-likeness (QED) is 0.771. The zero-order valence-electron chi connectivity index (χ0n) is 18.4. The molecule has 0 atom stereocenters. The Balaban J connectivity index is 1.27. The van der Waals surface area contributed by atoms with Crippen molar-refractivity contribution in [1.29, 1.82) is 0 Å². The molecule has 1 amide bonds. The smallest absolute Gasteiger partial charge is 0.226 e. The van der Waals surface area contributed by atoms with E-state index in [-0.39, 0.29) is 11.7 Å². The molecule has 2 aromatic carbocycles. The molecule has 2 heterocycles. The fourth-order valence-corrected chi connectivity index (χ4v) is 4.78. The molecular formula is C25H33FN3O2+. The van der Waals surface area contributed by atoms with Gasteiger partial charge in [0.05, 0.1) is 25.4 Å². The average molecular weight is 427 g/mol. The Hall–Kier alpha value is -2.60. The lowest BCUT2D eigenvalue weighted by Crippen LogP contribution is -3.11. The lowest BCUT2D eigenvalue weighted by molar-refractivity contribution is -0.919. The van der Waals surface area contributed by atoms with Crippen molar-refractivity contribution in [2.75, 3.05) is 50.8 Å². The predicted molar refractivity (Wildman–Crippen MR) is 120 cm³/mol. The second-order valence-corrected chi connectivity index (χ2v) is 8.51. The highest BCUT2D eigenvalue weighted by atomic mass is 19.1. The fraction of sp³-hybridized carbons (Fsp3) is 0.480. The van der Waals surface area contributed by atoms with Gasteiger partial charge in [-0.1, -0.05) is 30.3 Å². The van der Waals surface area contributed by atoms with E-state index in [1.165, 1.54) is 11.0 Å². The van der Waals surface area contributed by atoms with Crippen LogP contribution in [0.15, 0.2) is 48.5 Å². The summed E-state index contributed by atoms with van der Waals surface area (Å²) in [6.07, 6.45) is 1.77. The minimum Gasteiger partial charge on any atom is -0.492 e. The van der Waals surface area contributed by atoms with Crippen molar-refractivity contribution in [2.24, 2.45) is 5.92 Å². The molecule has 0 aromatic heterocycles. The first-order chi connectivity index (χ1) is 15.2. The van der Waals surface area contributed by atoms with Crippen molar-refractivity contribution in [3.05, 3.63) is 59.9 Å². The molecule has 0 radical (unpaired) electrons. The SMILES string of the molecule is CCOc1ccccc1N1CCN(C(=O)C2CC[NH+](Cc3ccccc3F)CC2)CC1. The highest BCUT2D eigenvalue weighted by Crippen LogP contribution is 2.29. The largest absolute Gasteiger partial charge is 0.492 e. The molecule has 2 saturated heterocycles. The van der Waals surface area contributed by atoms with E-state index >= 15 is 0 Å². The van der Waals surface area contributed by atoms with Crippen LogP contribution in [0.4, 0.5) is 10.1 Å². The molecule has 5 nitrogen and oxygen atoms in total. The summed E-state index contributed by atoms with van der Waals surface area (Å²) in [5.41, 5.74) is 1.88. The number of para-hydroxylation sites is 2. The Bertz CT molecular complexity index is 875. The minimum absolute atomic E-state index is 0.103. The molecule has 2 aliphatic rings. The molecule has 0 bridgehead atoms. The van der Waals surface area contributed by atoms with Crippen LogP contribution >= 0.6 is 0 Å². The lowest BCUT2D eigenvalue weighted by Gasteiger charge is -2.39. The monoisotopic (exact) mass is 426 g/mol. The summed E-state index contributed by atoms with van der Waals surface area (Å²) in [5.74, 6) is 1.18. The first kappa shape index (κ1) is 21.6. The van der Waals surface area contributed by atoms with Gasteiger partial charge in [-0.2, -0.15) is 0 Å². The summed E-state index contributed by atoms with van der Waals surface area (Å²) in [6.45, 7) is 8.35. The number of likely N-dealkylation sites (tertiary alicyclic amines) is 1. The number of carbonyl (C=O) groups excluding carboxylic acids is 1. The van der Waals surface area contributed by atoms with E-state index in [4.69, 9.17) is 4.74 Å². The Labute approximate surface area is 184 Å². The normalized spacial score (nSPS) is 21.7. The third-order valence-corrected chi connectivity index (χ3v) is 6.54. The Morgan fingerprint density at radius 1 is 1.03 bits per heavy atom. The Morgan fingerprint density at radius 3 is 2.42 bits per heavy atom. The number of anilines is 1. The average Bonchev–Trinajstić information content (AvgIpc) is 2.81. The maximum atomic E-state index is 13.9. The van der Waals surface area contributed by atoms with Crippen LogP contribution in [0.2, 0.25) is 0 Å². The van der Waals surface area contributed by atoms with Crippen LogP contribution in [-0.4, -0.2) is 56.7 Å². The van der Waals surface area contributed by atoms with Crippen LogP contribution in [0, 0.1) is 11.7 Å². The standard InChI is InChI=1S/C25H32FN3O2/c1-2-31-24-10-6-5-9-23(24)28-15-17-29(18-16-28)25(30)20-11-13-27(14-12-20)19-21-7-3-4-8-22(21)26/h3-10,20H,2,11-19H2,1H3/p+1. The zero-order chi connectivity index (χ0) is 21.6. The number of carbonyl (C=O) groups is 1. The second kappa shape index (κ2) is 10.1. The number of amides is 1. The number of piperazine rings is 1. The van der Waals surface area contributed by atoms with Gasteiger partial charge >= 0.3 is 0 Å². The Morgan fingerprint density at radius 2 is 1.71 bits per heavy atom. The van der Waals surface area contributed by atoms with E-state index in [9.17, 15) is 9.18 Å². The van der Waals surface area contributed by atoms with Gasteiger partial charge in [-0.05, 0) is 25.1 Å². The maximum Gasteiger partial charge on any atom is 0.226 e. The molecule has 0 aliphatic carbocycles.